The third-order valence-electron chi connectivity index (χ3n) is 6.26. The Hall–Kier alpha value is -0.510. The first kappa shape index (κ1) is 15.9. The van der Waals surface area contributed by atoms with Crippen molar-refractivity contribution in [2.45, 2.75) is 103 Å². The average Bonchev–Trinajstić information content (AvgIpc) is 2.53. The third-order valence-corrected chi connectivity index (χ3v) is 6.26. The van der Waals surface area contributed by atoms with Gasteiger partial charge >= 0.3 is 0 Å². The van der Waals surface area contributed by atoms with Gasteiger partial charge in [0.2, 0.25) is 0 Å². The van der Waals surface area contributed by atoms with Gasteiger partial charge < -0.3 is 0 Å². The molecule has 2 rings (SSSR count). The fourth-order valence-corrected chi connectivity index (χ4v) is 5.00. The third kappa shape index (κ3) is 3.21. The molecule has 0 saturated heterocycles. The second kappa shape index (κ2) is 7.48. The van der Waals surface area contributed by atoms with Crippen LogP contribution in [-0.2, 0) is 0 Å². The van der Waals surface area contributed by atoms with Crippen LogP contribution < -0.4 is 0 Å². The summed E-state index contributed by atoms with van der Waals surface area (Å²) in [5.41, 5.74) is 0.423. The smallest absolute Gasteiger partial charge is 0.0695 e. The molecule has 0 aromatic heterocycles. The highest BCUT2D eigenvalue weighted by molar-refractivity contribution is 5.12. The van der Waals surface area contributed by atoms with E-state index in [0.29, 0.717) is 5.41 Å². The molecule has 0 bridgehead atoms. The zero-order valence-electron chi connectivity index (χ0n) is 13.6. The van der Waals surface area contributed by atoms with Crippen LogP contribution in [0.15, 0.2) is 0 Å². The van der Waals surface area contributed by atoms with Crippen LogP contribution in [0.25, 0.3) is 0 Å². The Morgan fingerprint density at radius 2 is 1.40 bits per heavy atom. The van der Waals surface area contributed by atoms with Gasteiger partial charge in [0.1, 0.15) is 0 Å². The van der Waals surface area contributed by atoms with E-state index in [2.05, 4.69) is 13.0 Å². The molecule has 0 unspecified atom stereocenters. The molecule has 2 aliphatic carbocycles. The molecule has 0 aromatic carbocycles. The highest BCUT2D eigenvalue weighted by Crippen LogP contribution is 2.58. The summed E-state index contributed by atoms with van der Waals surface area (Å²) in [6.07, 6.45) is 19.9. The first-order valence-corrected chi connectivity index (χ1v) is 9.20. The van der Waals surface area contributed by atoms with Crippen molar-refractivity contribution in [1.82, 2.24) is 0 Å². The summed E-state index contributed by atoms with van der Waals surface area (Å²) in [4.78, 5) is 0. The number of hydrogen-bond acceptors (Lipinski definition) is 1. The van der Waals surface area contributed by atoms with Gasteiger partial charge in [-0.3, -0.25) is 0 Å². The number of unbranched alkanes of at least 4 members (excludes halogenated alkanes) is 3. The molecule has 0 atom stereocenters. The molecule has 2 fully saturated rings. The summed E-state index contributed by atoms with van der Waals surface area (Å²) in [5.74, 6) is 0. The Bertz CT molecular complexity index is 313. The van der Waals surface area contributed by atoms with E-state index in [4.69, 9.17) is 0 Å². The minimum atomic E-state index is 0.0396. The van der Waals surface area contributed by atoms with E-state index in [1.807, 2.05) is 0 Å². The Balaban J connectivity index is 2.10. The highest BCUT2D eigenvalue weighted by atomic mass is 14.6. The normalized spacial score (nSPS) is 25.0. The predicted molar refractivity (Wildman–Crippen MR) is 85.4 cm³/mol. The van der Waals surface area contributed by atoms with Crippen LogP contribution in [0, 0.1) is 22.2 Å². The molecule has 114 valence electrons. The van der Waals surface area contributed by atoms with Gasteiger partial charge in [0.25, 0.3) is 0 Å². The topological polar surface area (TPSA) is 23.8 Å². The summed E-state index contributed by atoms with van der Waals surface area (Å²) in [6.45, 7) is 2.29. The molecule has 0 spiro atoms. The van der Waals surface area contributed by atoms with Crippen molar-refractivity contribution in [3.05, 3.63) is 0 Å². The maximum absolute atomic E-state index is 10.0. The molecule has 1 heteroatoms. The molecule has 0 amide bonds. The van der Waals surface area contributed by atoms with Crippen LogP contribution in [-0.4, -0.2) is 0 Å². The maximum atomic E-state index is 10.0. The van der Waals surface area contributed by atoms with E-state index < -0.39 is 0 Å². The highest BCUT2D eigenvalue weighted by Gasteiger charge is 2.51. The molecule has 2 aliphatic rings. The zero-order chi connectivity index (χ0) is 14.3. The van der Waals surface area contributed by atoms with E-state index in [9.17, 15) is 5.26 Å². The van der Waals surface area contributed by atoms with Crippen molar-refractivity contribution in [1.29, 1.82) is 5.26 Å². The molecule has 0 aromatic rings. The molecule has 0 aliphatic heterocycles. The maximum Gasteiger partial charge on any atom is 0.0695 e. The van der Waals surface area contributed by atoms with Gasteiger partial charge in [0.15, 0.2) is 0 Å². The Labute approximate surface area is 126 Å². The number of rotatable bonds is 6. The van der Waals surface area contributed by atoms with E-state index in [1.54, 1.807) is 0 Å². The predicted octanol–water partition coefficient (Wildman–Crippen LogP) is 6.38. The fraction of sp³-hybridized carbons (Fsp3) is 0.947. The second-order valence-electron chi connectivity index (χ2n) is 7.41. The number of nitrogens with zero attached hydrogens (tertiary/aromatic N) is 1. The zero-order valence-corrected chi connectivity index (χ0v) is 13.6. The summed E-state index contributed by atoms with van der Waals surface area (Å²) >= 11 is 0. The summed E-state index contributed by atoms with van der Waals surface area (Å²) in [5, 5.41) is 10.0. The van der Waals surface area contributed by atoms with Crippen LogP contribution in [0.4, 0.5) is 0 Å². The molecule has 0 radical (unpaired) electrons. The van der Waals surface area contributed by atoms with Crippen LogP contribution >= 0.6 is 0 Å². The molecule has 1 nitrogen and oxygen atoms in total. The standard InChI is InChI=1S/C19H33N/c1-2-3-4-7-12-18(13-8-5-9-14-18)19(17-20)15-10-6-11-16-19/h2-16H2,1H3. The van der Waals surface area contributed by atoms with Crippen molar-refractivity contribution in [2.24, 2.45) is 10.8 Å². The number of nitriles is 1. The quantitative estimate of drug-likeness (QED) is 0.516. The van der Waals surface area contributed by atoms with Gasteiger partial charge in [0.05, 0.1) is 11.5 Å². The number of hydrogen-bond donors (Lipinski definition) is 0. The molecule has 0 N–H and O–H groups in total. The lowest BCUT2D eigenvalue weighted by molar-refractivity contribution is 0.000483. The van der Waals surface area contributed by atoms with Crippen LogP contribution in [0.2, 0.25) is 0 Å². The van der Waals surface area contributed by atoms with Crippen molar-refractivity contribution in [3.8, 4) is 6.07 Å². The molecular weight excluding hydrogens is 242 g/mol. The Morgan fingerprint density at radius 1 is 0.800 bits per heavy atom. The van der Waals surface area contributed by atoms with E-state index in [1.165, 1.54) is 96.3 Å². The second-order valence-corrected chi connectivity index (χ2v) is 7.41. The van der Waals surface area contributed by atoms with Crippen molar-refractivity contribution in [3.63, 3.8) is 0 Å². The molecule has 2 saturated carbocycles. The van der Waals surface area contributed by atoms with Gasteiger partial charge in [0, 0.05) is 0 Å². The van der Waals surface area contributed by atoms with Crippen molar-refractivity contribution in [2.75, 3.05) is 0 Å². The first-order valence-electron chi connectivity index (χ1n) is 9.20. The van der Waals surface area contributed by atoms with Gasteiger partial charge in [-0.15, -0.1) is 0 Å². The van der Waals surface area contributed by atoms with Crippen molar-refractivity contribution >= 4 is 0 Å². The fourth-order valence-electron chi connectivity index (χ4n) is 5.00. The summed E-state index contributed by atoms with van der Waals surface area (Å²) < 4.78 is 0. The molecular formula is C19H33N. The summed E-state index contributed by atoms with van der Waals surface area (Å²) in [6, 6.07) is 2.87. The van der Waals surface area contributed by atoms with Gasteiger partial charge in [-0.2, -0.15) is 5.26 Å². The lowest BCUT2D eigenvalue weighted by atomic mass is 9.51. The van der Waals surface area contributed by atoms with Crippen molar-refractivity contribution < 1.29 is 0 Å². The minimum Gasteiger partial charge on any atom is -0.198 e. The van der Waals surface area contributed by atoms with E-state index in [-0.39, 0.29) is 5.41 Å². The largest absolute Gasteiger partial charge is 0.198 e. The van der Waals surface area contributed by atoms with Crippen LogP contribution in [0.5, 0.6) is 0 Å². The first-order chi connectivity index (χ1) is 9.79. The lowest BCUT2D eigenvalue weighted by Gasteiger charge is -2.51. The van der Waals surface area contributed by atoms with Gasteiger partial charge in [-0.1, -0.05) is 71.1 Å². The molecule has 0 heterocycles. The van der Waals surface area contributed by atoms with E-state index >= 15 is 0 Å². The SMILES string of the molecule is CCCCCCC1(C2(C#N)CCCCC2)CCCCC1. The van der Waals surface area contributed by atoms with Gasteiger partial charge in [-0.05, 0) is 37.5 Å². The monoisotopic (exact) mass is 275 g/mol. The van der Waals surface area contributed by atoms with Crippen LogP contribution in [0.1, 0.15) is 103 Å². The minimum absolute atomic E-state index is 0.0396. The molecule has 20 heavy (non-hydrogen) atoms. The average molecular weight is 275 g/mol. The lowest BCUT2D eigenvalue weighted by Crippen LogP contribution is -2.44. The van der Waals surface area contributed by atoms with Crippen LogP contribution in [0.3, 0.4) is 0 Å². The summed E-state index contributed by atoms with van der Waals surface area (Å²) in [7, 11) is 0. The van der Waals surface area contributed by atoms with E-state index in [0.717, 1.165) is 0 Å². The Kier molecular flexibility index (Phi) is 5.94. The van der Waals surface area contributed by atoms with Gasteiger partial charge in [-0.25, -0.2) is 0 Å². The Morgan fingerprint density at radius 3 is 1.95 bits per heavy atom.